The Morgan fingerprint density at radius 2 is 1.17 bits per heavy atom. The van der Waals surface area contributed by atoms with Crippen LogP contribution in [-0.4, -0.2) is 111 Å². The zero-order valence-electron chi connectivity index (χ0n) is 34.6. The van der Waals surface area contributed by atoms with Crippen molar-refractivity contribution in [2.75, 3.05) is 99.0 Å². The molecule has 11 heteroatoms. The van der Waals surface area contributed by atoms with Crippen LogP contribution in [0.2, 0.25) is 0 Å². The molecule has 0 radical (unpaired) electrons. The first-order valence-electron chi connectivity index (χ1n) is 16.6. The Balaban J connectivity index is -0.0000000494. The van der Waals surface area contributed by atoms with Crippen molar-refractivity contribution in [3.8, 4) is 0 Å². The lowest BCUT2D eigenvalue weighted by atomic mass is 10.3. The van der Waals surface area contributed by atoms with Gasteiger partial charge in [0.05, 0.1) is 25.3 Å². The fraction of sp³-hybridized carbons (Fsp3) is 0.778. The zero-order valence-corrected chi connectivity index (χ0v) is 37.9. The molecular weight excluding hydrogens is 661 g/mol. The molecule has 0 saturated carbocycles. The number of hydrogen-bond acceptors (Lipinski definition) is 10. The molecule has 0 aromatic rings. The number of thioether (sulfide) groups is 4. The highest BCUT2D eigenvalue weighted by atomic mass is 32.2. The van der Waals surface area contributed by atoms with Crippen LogP contribution in [0.25, 0.3) is 0 Å². The van der Waals surface area contributed by atoms with Crippen molar-refractivity contribution in [3.05, 3.63) is 36.1 Å². The number of unbranched alkanes of at least 4 members (excludes halogenated alkanes) is 2. The highest BCUT2D eigenvalue weighted by molar-refractivity contribution is 8.11. The van der Waals surface area contributed by atoms with Crippen LogP contribution in [0.3, 0.4) is 0 Å². The molecule has 290 valence electrons. The van der Waals surface area contributed by atoms with E-state index >= 15 is 0 Å². The van der Waals surface area contributed by atoms with Gasteiger partial charge in [0.25, 0.3) is 0 Å². The maximum Gasteiger partial charge on any atom is 0.0817 e. The van der Waals surface area contributed by atoms with Crippen LogP contribution in [0.1, 0.15) is 87.0 Å². The van der Waals surface area contributed by atoms with Crippen molar-refractivity contribution < 1.29 is 4.74 Å². The first-order valence-corrected chi connectivity index (χ1v) is 21.9. The lowest BCUT2D eigenvalue weighted by Crippen LogP contribution is -2.06. The summed E-state index contributed by atoms with van der Waals surface area (Å²) in [6.07, 6.45) is 27.1. The minimum Gasteiger partial charge on any atom is -0.505 e. The maximum atomic E-state index is 4.51. The summed E-state index contributed by atoms with van der Waals surface area (Å²) in [6, 6.07) is 0. The first kappa shape index (κ1) is 68.3. The Morgan fingerprint density at radius 1 is 0.617 bits per heavy atom. The smallest absolute Gasteiger partial charge is 0.0817 e. The molecule has 0 bridgehead atoms. The maximum absolute atomic E-state index is 4.51. The highest BCUT2D eigenvalue weighted by Gasteiger charge is 1.75. The molecule has 0 rings (SSSR count). The SMILES string of the molecule is CC=CNC.CC=COC.CC=CSC.CCCCNC.CCCCSC.CCCNC.CCCSC.CN=CNC.CN=CSC. The van der Waals surface area contributed by atoms with E-state index in [0.717, 1.165) is 13.1 Å². The standard InChI is InChI=1S/C5H13N.C5H12S.C4H11N.C4H9N.C4H8O.C4H10S.C4H8S.C3H8N2.C3H7NS/c2*1-3-4-5-6-2;5*1-3-4-5-2;2*1-4-3-5-2/h6H,3-5H2,1-2H3;3-5H2,1-2H3;5H,3-4H2,1-2H3;3-5H,1-2H3;3-4H,1-2H3;3-4H2,1-2H3;3-4H,1-2H3;3H,1-2H3,(H,4,5);3H,1-2H3. The molecule has 0 fully saturated rings. The summed E-state index contributed by atoms with van der Waals surface area (Å²) in [5.41, 5.74) is 1.79. The number of hydrogen-bond donors (Lipinski definition) is 4. The van der Waals surface area contributed by atoms with Gasteiger partial charge in [0.2, 0.25) is 0 Å². The van der Waals surface area contributed by atoms with Crippen LogP contribution in [0.4, 0.5) is 0 Å². The molecule has 0 aromatic carbocycles. The molecule has 7 nitrogen and oxygen atoms in total. The molecule has 0 spiro atoms. The number of methoxy groups -OCH3 is 1. The van der Waals surface area contributed by atoms with E-state index < -0.39 is 0 Å². The van der Waals surface area contributed by atoms with Gasteiger partial charge in [-0.1, -0.05) is 58.8 Å². The van der Waals surface area contributed by atoms with Crippen LogP contribution in [0.5, 0.6) is 0 Å². The Kier molecular flexibility index (Phi) is 161. The van der Waals surface area contributed by atoms with E-state index in [-0.39, 0.29) is 0 Å². The van der Waals surface area contributed by atoms with Gasteiger partial charge in [-0.2, -0.15) is 23.5 Å². The molecule has 0 atom stereocenters. The molecular formula is C36H86N6OS4. The second-order valence-electron chi connectivity index (χ2n) is 8.37. The van der Waals surface area contributed by atoms with E-state index in [0.29, 0.717) is 0 Å². The summed E-state index contributed by atoms with van der Waals surface area (Å²) < 4.78 is 4.51. The van der Waals surface area contributed by atoms with Gasteiger partial charge in [-0.05, 0) is 122 Å². The van der Waals surface area contributed by atoms with Gasteiger partial charge in [0.1, 0.15) is 0 Å². The van der Waals surface area contributed by atoms with Crippen LogP contribution in [0.15, 0.2) is 46.1 Å². The monoisotopic (exact) mass is 747 g/mol. The molecule has 0 aliphatic heterocycles. The summed E-state index contributed by atoms with van der Waals surface area (Å²) >= 11 is 7.16. The molecule has 4 N–H and O–H groups in total. The van der Waals surface area contributed by atoms with E-state index in [2.05, 4.69) is 76.2 Å². The quantitative estimate of drug-likeness (QED) is 0.0567. The third-order valence-corrected chi connectivity index (χ3v) is 6.22. The summed E-state index contributed by atoms with van der Waals surface area (Å²) in [4.78, 5) is 7.31. The first-order chi connectivity index (χ1) is 22.7. The molecule has 0 unspecified atom stereocenters. The predicted octanol–water partition coefficient (Wildman–Crippen LogP) is 10.2. The van der Waals surface area contributed by atoms with Gasteiger partial charge in [0.15, 0.2) is 0 Å². The molecule has 0 aliphatic rings. The van der Waals surface area contributed by atoms with Crippen molar-refractivity contribution in [2.45, 2.75) is 87.0 Å². The molecule has 0 aromatic heterocycles. The van der Waals surface area contributed by atoms with Gasteiger partial charge in [-0.25, -0.2) is 0 Å². The Bertz CT molecular complexity index is 416. The molecule has 0 saturated heterocycles. The molecule has 0 amide bonds. The predicted molar refractivity (Wildman–Crippen MR) is 240 cm³/mol. The van der Waals surface area contributed by atoms with E-state index in [1.807, 2.05) is 115 Å². The second-order valence-corrected chi connectivity index (χ2v) is 11.8. The number of nitrogens with one attached hydrogen (secondary N) is 4. The number of ether oxygens (including phenoxy) is 1. The van der Waals surface area contributed by atoms with Crippen molar-refractivity contribution >= 4 is 58.9 Å². The van der Waals surface area contributed by atoms with Crippen molar-refractivity contribution in [3.63, 3.8) is 0 Å². The minimum atomic E-state index is 1.14. The Labute approximate surface area is 315 Å². The van der Waals surface area contributed by atoms with E-state index in [1.54, 1.807) is 62.9 Å². The second kappa shape index (κ2) is 111. The normalized spacial score (nSPS) is 9.15. The largest absolute Gasteiger partial charge is 0.505 e. The van der Waals surface area contributed by atoms with Crippen LogP contribution >= 0.6 is 47.0 Å². The fourth-order valence-corrected chi connectivity index (χ4v) is 3.24. The summed E-state index contributed by atoms with van der Waals surface area (Å²) in [6.45, 7) is 16.9. The van der Waals surface area contributed by atoms with Crippen LogP contribution in [-0.2, 0) is 4.74 Å². The highest BCUT2D eigenvalue weighted by Crippen LogP contribution is 1.96. The minimum absolute atomic E-state index is 1.14. The third kappa shape index (κ3) is 228. The van der Waals surface area contributed by atoms with Crippen LogP contribution in [0, 0.1) is 0 Å². The number of rotatable bonds is 15. The lowest BCUT2D eigenvalue weighted by molar-refractivity contribution is 0.337. The molecule has 47 heavy (non-hydrogen) atoms. The van der Waals surface area contributed by atoms with E-state index in [9.17, 15) is 0 Å². The van der Waals surface area contributed by atoms with Gasteiger partial charge in [-0.3, -0.25) is 9.98 Å². The van der Waals surface area contributed by atoms with E-state index in [4.69, 9.17) is 0 Å². The van der Waals surface area contributed by atoms with Crippen molar-refractivity contribution in [1.82, 2.24) is 21.3 Å². The fourth-order valence-electron chi connectivity index (χ4n) is 1.77. The lowest BCUT2D eigenvalue weighted by Gasteiger charge is -1.89. The summed E-state index contributed by atoms with van der Waals surface area (Å²) in [5.74, 6) is 2.64. The van der Waals surface area contributed by atoms with E-state index in [1.165, 1.54) is 50.0 Å². The van der Waals surface area contributed by atoms with Crippen LogP contribution < -0.4 is 21.3 Å². The Morgan fingerprint density at radius 3 is 1.21 bits per heavy atom. The van der Waals surface area contributed by atoms with Gasteiger partial charge in [-0.15, -0.1) is 23.5 Å². The van der Waals surface area contributed by atoms with Crippen molar-refractivity contribution in [1.29, 1.82) is 0 Å². The van der Waals surface area contributed by atoms with Gasteiger partial charge in [0, 0.05) is 28.2 Å². The average Bonchev–Trinajstić information content (AvgIpc) is 3.08. The number of aliphatic imine (C=N–C) groups is 2. The number of allylic oxidation sites excluding steroid dienone is 3. The summed E-state index contributed by atoms with van der Waals surface area (Å²) in [5, 5.41) is 13.7. The van der Waals surface area contributed by atoms with Gasteiger partial charge >= 0.3 is 0 Å². The molecule has 0 heterocycles. The zero-order chi connectivity index (χ0) is 38.5. The average molecular weight is 747 g/mol. The number of nitrogens with zero attached hydrogens (tertiary/aromatic N) is 2. The summed E-state index contributed by atoms with van der Waals surface area (Å²) in [7, 11) is 12.7. The molecule has 0 aliphatic carbocycles. The Hall–Kier alpha value is -0.720. The topological polar surface area (TPSA) is 82.1 Å². The third-order valence-electron chi connectivity index (χ3n) is 3.74. The van der Waals surface area contributed by atoms with Gasteiger partial charge < -0.3 is 26.0 Å². The van der Waals surface area contributed by atoms with Crippen molar-refractivity contribution in [2.24, 2.45) is 9.98 Å².